The molecule has 0 N–H and O–H groups in total. The van der Waals surface area contributed by atoms with Crippen molar-refractivity contribution in [1.29, 1.82) is 0 Å². The Balaban J connectivity index is 1.89. The third kappa shape index (κ3) is 3.47. The van der Waals surface area contributed by atoms with Crippen molar-refractivity contribution >= 4 is 78.3 Å². The predicted octanol–water partition coefficient (Wildman–Crippen LogP) is 4.90. The third-order valence-corrected chi connectivity index (χ3v) is 5.18. The molecule has 4 nitrogen and oxygen atoms in total. The van der Waals surface area contributed by atoms with Crippen LogP contribution in [0.2, 0.25) is 10.0 Å². The lowest BCUT2D eigenvalue weighted by atomic mass is 10.2. The average molecular weight is 493 g/mol. The van der Waals surface area contributed by atoms with Crippen LogP contribution < -0.4 is 9.80 Å². The third-order valence-electron chi connectivity index (χ3n) is 3.59. The lowest BCUT2D eigenvalue weighted by Crippen LogP contribution is -2.54. The van der Waals surface area contributed by atoms with E-state index < -0.39 is 0 Å². The van der Waals surface area contributed by atoms with Crippen molar-refractivity contribution in [2.45, 2.75) is 0 Å². The Bertz CT molecular complexity index is 775. The minimum Gasteiger partial charge on any atom is -0.300 e. The normalized spacial score (nSPS) is 15.2. The van der Waals surface area contributed by atoms with E-state index >= 15 is 0 Å². The summed E-state index contributed by atoms with van der Waals surface area (Å²) in [5.74, 6) is -0.449. The van der Waals surface area contributed by atoms with Crippen LogP contribution in [0.5, 0.6) is 0 Å². The highest BCUT2D eigenvalue weighted by Gasteiger charge is 2.33. The molecule has 2 aromatic carbocycles. The second-order valence-electron chi connectivity index (χ2n) is 5.15. The van der Waals surface area contributed by atoms with Gasteiger partial charge in [-0.05, 0) is 36.4 Å². The molecule has 0 spiro atoms. The average Bonchev–Trinajstić information content (AvgIpc) is 2.50. The highest BCUT2D eigenvalue weighted by molar-refractivity contribution is 9.10. The number of nitrogens with zero attached hydrogens (tertiary/aromatic N) is 2. The van der Waals surface area contributed by atoms with Gasteiger partial charge < -0.3 is 0 Å². The van der Waals surface area contributed by atoms with Crippen LogP contribution in [-0.4, -0.2) is 24.9 Å². The molecule has 1 aliphatic heterocycles. The number of piperazine rings is 1. The summed E-state index contributed by atoms with van der Waals surface area (Å²) in [6.45, 7) is -0.181. The van der Waals surface area contributed by atoms with Crippen LogP contribution >= 0.6 is 55.1 Å². The number of anilines is 2. The fourth-order valence-corrected chi connectivity index (χ4v) is 4.01. The number of amides is 2. The van der Waals surface area contributed by atoms with Gasteiger partial charge in [-0.15, -0.1) is 0 Å². The number of rotatable bonds is 2. The van der Waals surface area contributed by atoms with Crippen LogP contribution in [0.3, 0.4) is 0 Å². The standard InChI is InChI=1S/C16H10Br2Cl2N2O2/c17-9-1-3-13(11(19)5-9)21-7-16(24)22(8-15(21)23)14-4-2-10(18)6-12(14)20/h1-6H,7-8H2. The molecule has 1 aliphatic rings. The molecule has 0 aliphatic carbocycles. The quantitative estimate of drug-likeness (QED) is 0.598. The maximum atomic E-state index is 12.5. The summed E-state index contributed by atoms with van der Waals surface area (Å²) < 4.78 is 1.60. The van der Waals surface area contributed by atoms with Gasteiger partial charge in [-0.25, -0.2) is 0 Å². The van der Waals surface area contributed by atoms with Crippen molar-refractivity contribution in [2.75, 3.05) is 22.9 Å². The van der Waals surface area contributed by atoms with Crippen molar-refractivity contribution in [2.24, 2.45) is 0 Å². The minimum atomic E-state index is -0.224. The first-order valence-corrected chi connectivity index (χ1v) is 9.22. The van der Waals surface area contributed by atoms with Crippen LogP contribution in [0.1, 0.15) is 0 Å². The molecular formula is C16H10Br2Cl2N2O2. The Morgan fingerprint density at radius 1 is 0.750 bits per heavy atom. The Labute approximate surface area is 165 Å². The van der Waals surface area contributed by atoms with Crippen molar-refractivity contribution < 1.29 is 9.59 Å². The summed E-state index contributed by atoms with van der Waals surface area (Å²) >= 11 is 19.0. The van der Waals surface area contributed by atoms with Crippen molar-refractivity contribution in [1.82, 2.24) is 0 Å². The molecule has 124 valence electrons. The second-order valence-corrected chi connectivity index (χ2v) is 7.80. The van der Waals surface area contributed by atoms with Crippen molar-refractivity contribution in [3.05, 3.63) is 55.4 Å². The van der Waals surface area contributed by atoms with Gasteiger partial charge in [0.2, 0.25) is 11.8 Å². The Morgan fingerprint density at radius 2 is 1.12 bits per heavy atom. The Kier molecular flexibility index (Phi) is 5.20. The SMILES string of the molecule is O=C1CN(c2ccc(Br)cc2Cl)C(=O)CN1c1ccc(Br)cc1Cl. The van der Waals surface area contributed by atoms with E-state index in [-0.39, 0.29) is 24.9 Å². The largest absolute Gasteiger partial charge is 0.300 e. The molecule has 3 rings (SSSR count). The van der Waals surface area contributed by atoms with E-state index in [2.05, 4.69) is 31.9 Å². The maximum absolute atomic E-state index is 12.5. The van der Waals surface area contributed by atoms with Gasteiger partial charge in [0, 0.05) is 8.95 Å². The van der Waals surface area contributed by atoms with E-state index in [0.29, 0.717) is 21.4 Å². The molecule has 2 aromatic rings. The van der Waals surface area contributed by atoms with Gasteiger partial charge in [-0.3, -0.25) is 19.4 Å². The van der Waals surface area contributed by atoms with Crippen LogP contribution in [0, 0.1) is 0 Å². The fraction of sp³-hybridized carbons (Fsp3) is 0.125. The molecule has 2 amide bonds. The summed E-state index contributed by atoms with van der Waals surface area (Å²) in [4.78, 5) is 27.9. The van der Waals surface area contributed by atoms with E-state index in [9.17, 15) is 9.59 Å². The van der Waals surface area contributed by atoms with Gasteiger partial charge in [0.05, 0.1) is 21.4 Å². The second kappa shape index (κ2) is 7.04. The number of benzene rings is 2. The lowest BCUT2D eigenvalue weighted by molar-refractivity contribution is -0.125. The molecule has 0 saturated carbocycles. The number of halogens is 4. The van der Waals surface area contributed by atoms with Gasteiger partial charge in [0.25, 0.3) is 0 Å². The van der Waals surface area contributed by atoms with Crippen LogP contribution in [-0.2, 0) is 9.59 Å². The molecule has 1 heterocycles. The first-order valence-electron chi connectivity index (χ1n) is 6.87. The topological polar surface area (TPSA) is 40.6 Å². The van der Waals surface area contributed by atoms with E-state index in [4.69, 9.17) is 23.2 Å². The molecular weight excluding hydrogens is 483 g/mol. The van der Waals surface area contributed by atoms with Crippen LogP contribution in [0.15, 0.2) is 45.3 Å². The molecule has 1 saturated heterocycles. The van der Waals surface area contributed by atoms with Gasteiger partial charge in [-0.2, -0.15) is 0 Å². The van der Waals surface area contributed by atoms with E-state index in [0.717, 1.165) is 8.95 Å². The monoisotopic (exact) mass is 490 g/mol. The number of hydrogen-bond acceptors (Lipinski definition) is 2. The summed E-state index contributed by atoms with van der Waals surface area (Å²) in [5, 5.41) is 0.807. The minimum absolute atomic E-state index is 0.0907. The van der Waals surface area contributed by atoms with Crippen LogP contribution in [0.4, 0.5) is 11.4 Å². The van der Waals surface area contributed by atoms with Crippen molar-refractivity contribution in [3.63, 3.8) is 0 Å². The number of carbonyl (C=O) groups excluding carboxylic acids is 2. The number of hydrogen-bond donors (Lipinski definition) is 0. The smallest absolute Gasteiger partial charge is 0.247 e. The van der Waals surface area contributed by atoms with E-state index in [1.807, 2.05) is 0 Å². The predicted molar refractivity (Wildman–Crippen MR) is 103 cm³/mol. The molecule has 0 bridgehead atoms. The van der Waals surface area contributed by atoms with E-state index in [1.165, 1.54) is 9.80 Å². The highest BCUT2D eigenvalue weighted by atomic mass is 79.9. The molecule has 8 heteroatoms. The van der Waals surface area contributed by atoms with Gasteiger partial charge in [-0.1, -0.05) is 55.1 Å². The first kappa shape index (κ1) is 17.7. The van der Waals surface area contributed by atoms with E-state index in [1.54, 1.807) is 36.4 Å². The summed E-state index contributed by atoms with van der Waals surface area (Å²) in [6, 6.07) is 10.3. The summed E-state index contributed by atoms with van der Waals surface area (Å²) in [6.07, 6.45) is 0. The molecule has 0 radical (unpaired) electrons. The fourth-order valence-electron chi connectivity index (χ4n) is 2.46. The molecule has 24 heavy (non-hydrogen) atoms. The first-order chi connectivity index (χ1) is 11.4. The molecule has 0 atom stereocenters. The maximum Gasteiger partial charge on any atom is 0.247 e. The molecule has 1 fully saturated rings. The molecule has 0 aromatic heterocycles. The summed E-state index contributed by atoms with van der Waals surface area (Å²) in [7, 11) is 0. The number of carbonyl (C=O) groups is 2. The van der Waals surface area contributed by atoms with Crippen molar-refractivity contribution in [3.8, 4) is 0 Å². The Morgan fingerprint density at radius 3 is 1.46 bits per heavy atom. The van der Waals surface area contributed by atoms with Gasteiger partial charge in [0.15, 0.2) is 0 Å². The molecule has 0 unspecified atom stereocenters. The zero-order valence-corrected chi connectivity index (χ0v) is 16.8. The zero-order valence-electron chi connectivity index (χ0n) is 12.1. The lowest BCUT2D eigenvalue weighted by Gasteiger charge is -2.34. The van der Waals surface area contributed by atoms with Gasteiger partial charge in [0.1, 0.15) is 13.1 Å². The highest BCUT2D eigenvalue weighted by Crippen LogP contribution is 2.33. The van der Waals surface area contributed by atoms with Gasteiger partial charge >= 0.3 is 0 Å². The zero-order chi connectivity index (χ0) is 17.4. The van der Waals surface area contributed by atoms with Crippen LogP contribution in [0.25, 0.3) is 0 Å². The Hall–Kier alpha value is -1.08. The summed E-state index contributed by atoms with van der Waals surface area (Å²) in [5.41, 5.74) is 1.03.